The number of carbonyl (C=O) groups is 1. The minimum absolute atomic E-state index is 0. The lowest BCUT2D eigenvalue weighted by Crippen LogP contribution is -2.40. The van der Waals surface area contributed by atoms with Crippen LogP contribution in [0.5, 0.6) is 0 Å². The quantitative estimate of drug-likeness (QED) is 0.869. The van der Waals surface area contributed by atoms with Crippen molar-refractivity contribution in [2.24, 2.45) is 0 Å². The van der Waals surface area contributed by atoms with Crippen molar-refractivity contribution in [2.45, 2.75) is 25.1 Å². The summed E-state index contributed by atoms with van der Waals surface area (Å²) >= 11 is 0. The second kappa shape index (κ2) is 8.05. The molecule has 0 radical (unpaired) electrons. The van der Waals surface area contributed by atoms with Gasteiger partial charge in [-0.05, 0) is 32.0 Å². The molecule has 1 aromatic heterocycles. The Balaban J connectivity index is 0.00000243. The molecule has 1 aliphatic rings. The van der Waals surface area contributed by atoms with Crippen LogP contribution in [0.4, 0.5) is 13.2 Å². The molecule has 2 aromatic rings. The monoisotopic (exact) mass is 390 g/mol. The van der Waals surface area contributed by atoms with Gasteiger partial charge >= 0.3 is 12.1 Å². The fourth-order valence-electron chi connectivity index (χ4n) is 2.93. The van der Waals surface area contributed by atoms with Crippen molar-refractivity contribution in [2.75, 3.05) is 20.1 Å². The second-order valence-electron chi connectivity index (χ2n) is 5.85. The van der Waals surface area contributed by atoms with E-state index in [1.165, 1.54) is 12.1 Å². The van der Waals surface area contributed by atoms with Gasteiger partial charge in [0, 0.05) is 30.3 Å². The zero-order valence-electron chi connectivity index (χ0n) is 13.9. The molecule has 1 saturated heterocycles. The summed E-state index contributed by atoms with van der Waals surface area (Å²) in [6, 6.07) is 6.32. The number of aromatic nitrogens is 2. The SMILES string of the molecule is CNCC1CCCN1C(=O)c1ccc(-c2noc(C(F)(F)F)n2)cc1.Cl. The summed E-state index contributed by atoms with van der Waals surface area (Å²) in [5.41, 5.74) is 0.829. The minimum Gasteiger partial charge on any atom is -0.334 e. The highest BCUT2D eigenvalue weighted by Gasteiger charge is 2.38. The average Bonchev–Trinajstić information content (AvgIpc) is 3.24. The number of benzene rings is 1. The molecule has 1 aliphatic heterocycles. The first-order valence-corrected chi connectivity index (χ1v) is 7.87. The van der Waals surface area contributed by atoms with E-state index in [4.69, 9.17) is 0 Å². The lowest BCUT2D eigenvalue weighted by molar-refractivity contribution is -0.159. The highest BCUT2D eigenvalue weighted by atomic mass is 35.5. The van der Waals surface area contributed by atoms with E-state index in [0.717, 1.165) is 19.4 Å². The Morgan fingerprint density at radius 1 is 1.35 bits per heavy atom. The third kappa shape index (κ3) is 4.16. The number of rotatable bonds is 4. The lowest BCUT2D eigenvalue weighted by atomic mass is 10.1. The predicted octanol–water partition coefficient (Wildman–Crippen LogP) is 3.00. The highest BCUT2D eigenvalue weighted by molar-refractivity contribution is 5.95. The van der Waals surface area contributed by atoms with Gasteiger partial charge in [-0.1, -0.05) is 17.3 Å². The number of amides is 1. The molecule has 1 atom stereocenters. The van der Waals surface area contributed by atoms with Crippen LogP contribution in [-0.4, -0.2) is 47.1 Å². The summed E-state index contributed by atoms with van der Waals surface area (Å²) in [5.74, 6) is -1.65. The van der Waals surface area contributed by atoms with Crippen LogP contribution in [0, 0.1) is 0 Å². The van der Waals surface area contributed by atoms with Gasteiger partial charge in [0.05, 0.1) is 0 Å². The summed E-state index contributed by atoms with van der Waals surface area (Å²) in [5, 5.41) is 6.41. The standard InChI is InChI=1S/C16H17F3N4O2.ClH/c1-20-9-12-3-2-8-23(12)14(24)11-6-4-10(5-7-11)13-21-15(25-22-13)16(17,18)19;/h4-7,12,20H,2-3,8-9H2,1H3;1H. The Labute approximate surface area is 154 Å². The van der Waals surface area contributed by atoms with Gasteiger partial charge < -0.3 is 14.7 Å². The fourth-order valence-corrected chi connectivity index (χ4v) is 2.93. The molecule has 1 amide bonds. The number of likely N-dealkylation sites (tertiary alicyclic amines) is 1. The first-order chi connectivity index (χ1) is 11.9. The molecular weight excluding hydrogens is 373 g/mol. The molecule has 1 fully saturated rings. The zero-order chi connectivity index (χ0) is 18.0. The van der Waals surface area contributed by atoms with Crippen LogP contribution in [0.1, 0.15) is 29.1 Å². The summed E-state index contributed by atoms with van der Waals surface area (Å²) in [6.07, 6.45) is -2.77. The molecule has 142 valence electrons. The molecule has 3 rings (SSSR count). The molecular formula is C16H18ClF3N4O2. The molecule has 0 bridgehead atoms. The summed E-state index contributed by atoms with van der Waals surface area (Å²) in [6.45, 7) is 1.43. The van der Waals surface area contributed by atoms with Gasteiger partial charge in [-0.2, -0.15) is 18.2 Å². The van der Waals surface area contributed by atoms with E-state index in [1.807, 2.05) is 11.9 Å². The molecule has 1 N–H and O–H groups in total. The van der Waals surface area contributed by atoms with E-state index >= 15 is 0 Å². The van der Waals surface area contributed by atoms with Crippen molar-refractivity contribution in [3.8, 4) is 11.4 Å². The molecule has 0 spiro atoms. The molecule has 26 heavy (non-hydrogen) atoms. The van der Waals surface area contributed by atoms with Crippen LogP contribution >= 0.6 is 12.4 Å². The third-order valence-corrected chi connectivity index (χ3v) is 4.14. The maximum Gasteiger partial charge on any atom is 0.471 e. The summed E-state index contributed by atoms with van der Waals surface area (Å²) in [4.78, 5) is 17.8. The normalized spacial score (nSPS) is 17.2. The number of alkyl halides is 3. The van der Waals surface area contributed by atoms with Crippen molar-refractivity contribution in [3.63, 3.8) is 0 Å². The fraction of sp³-hybridized carbons (Fsp3) is 0.438. The zero-order valence-corrected chi connectivity index (χ0v) is 14.7. The van der Waals surface area contributed by atoms with Crippen molar-refractivity contribution >= 4 is 18.3 Å². The van der Waals surface area contributed by atoms with Gasteiger partial charge in [0.25, 0.3) is 5.91 Å². The number of nitrogens with one attached hydrogen (secondary N) is 1. The number of carbonyl (C=O) groups excluding carboxylic acids is 1. The molecule has 1 aromatic carbocycles. The number of halogens is 4. The van der Waals surface area contributed by atoms with Crippen LogP contribution in [0.2, 0.25) is 0 Å². The van der Waals surface area contributed by atoms with Gasteiger partial charge in [-0.3, -0.25) is 4.79 Å². The second-order valence-corrected chi connectivity index (χ2v) is 5.85. The van der Waals surface area contributed by atoms with Crippen LogP contribution in [0.3, 0.4) is 0 Å². The lowest BCUT2D eigenvalue weighted by Gasteiger charge is -2.24. The van der Waals surface area contributed by atoms with E-state index < -0.39 is 12.1 Å². The minimum atomic E-state index is -4.68. The first kappa shape index (κ1) is 20.2. The van der Waals surface area contributed by atoms with Crippen molar-refractivity contribution in [3.05, 3.63) is 35.7 Å². The maximum absolute atomic E-state index is 12.6. The highest BCUT2D eigenvalue weighted by Crippen LogP contribution is 2.29. The van der Waals surface area contributed by atoms with Gasteiger partial charge in [0.15, 0.2) is 0 Å². The Kier molecular flexibility index (Phi) is 6.25. The van der Waals surface area contributed by atoms with E-state index in [9.17, 15) is 18.0 Å². The summed E-state index contributed by atoms with van der Waals surface area (Å²) in [7, 11) is 1.84. The van der Waals surface area contributed by atoms with E-state index in [1.54, 1.807) is 12.1 Å². The molecule has 2 heterocycles. The first-order valence-electron chi connectivity index (χ1n) is 7.87. The van der Waals surface area contributed by atoms with Gasteiger partial charge in [-0.15, -0.1) is 12.4 Å². The topological polar surface area (TPSA) is 71.3 Å². The Hall–Kier alpha value is -2.13. The predicted molar refractivity (Wildman–Crippen MR) is 90.0 cm³/mol. The Bertz CT molecular complexity index is 749. The molecule has 6 nitrogen and oxygen atoms in total. The van der Waals surface area contributed by atoms with Crippen LogP contribution in [0.25, 0.3) is 11.4 Å². The van der Waals surface area contributed by atoms with Gasteiger partial charge in [0.2, 0.25) is 5.82 Å². The Morgan fingerprint density at radius 2 is 2.04 bits per heavy atom. The van der Waals surface area contributed by atoms with E-state index in [-0.39, 0.29) is 30.2 Å². The van der Waals surface area contributed by atoms with E-state index in [0.29, 0.717) is 17.7 Å². The van der Waals surface area contributed by atoms with Crippen LogP contribution < -0.4 is 5.32 Å². The van der Waals surface area contributed by atoms with Crippen LogP contribution in [-0.2, 0) is 6.18 Å². The van der Waals surface area contributed by atoms with E-state index in [2.05, 4.69) is 20.0 Å². The smallest absolute Gasteiger partial charge is 0.334 e. The van der Waals surface area contributed by atoms with Gasteiger partial charge in [-0.25, -0.2) is 0 Å². The average molecular weight is 391 g/mol. The molecule has 0 aliphatic carbocycles. The number of hydrogen-bond donors (Lipinski definition) is 1. The largest absolute Gasteiger partial charge is 0.471 e. The maximum atomic E-state index is 12.6. The van der Waals surface area contributed by atoms with Crippen molar-refractivity contribution < 1.29 is 22.5 Å². The molecule has 10 heteroatoms. The number of nitrogens with zero attached hydrogens (tertiary/aromatic N) is 3. The van der Waals surface area contributed by atoms with Crippen LogP contribution in [0.15, 0.2) is 28.8 Å². The number of likely N-dealkylation sites (N-methyl/N-ethyl adjacent to an activating group) is 1. The molecule has 0 saturated carbocycles. The Morgan fingerprint density at radius 3 is 2.62 bits per heavy atom. The van der Waals surface area contributed by atoms with Crippen molar-refractivity contribution in [1.82, 2.24) is 20.4 Å². The summed E-state index contributed by atoms with van der Waals surface area (Å²) < 4.78 is 41.7. The van der Waals surface area contributed by atoms with Gasteiger partial charge in [0.1, 0.15) is 0 Å². The molecule has 1 unspecified atom stereocenters. The third-order valence-electron chi connectivity index (χ3n) is 4.14. The van der Waals surface area contributed by atoms with Crippen molar-refractivity contribution in [1.29, 1.82) is 0 Å². The number of hydrogen-bond acceptors (Lipinski definition) is 5.